The third-order valence-corrected chi connectivity index (χ3v) is 3.99. The summed E-state index contributed by atoms with van der Waals surface area (Å²) in [6.07, 6.45) is 3.10. The second-order valence-electron chi connectivity index (χ2n) is 5.64. The predicted octanol–water partition coefficient (Wildman–Crippen LogP) is 5.59. The number of hydrogen-bond donors (Lipinski definition) is 0. The zero-order valence-electron chi connectivity index (χ0n) is 14.1. The molecule has 0 aliphatic rings. The van der Waals surface area contributed by atoms with E-state index in [1.807, 2.05) is 0 Å². The molecule has 0 saturated heterocycles. The van der Waals surface area contributed by atoms with E-state index < -0.39 is 11.8 Å². The average Bonchev–Trinajstić information content (AvgIpc) is 2.68. The van der Waals surface area contributed by atoms with E-state index in [2.05, 4.69) is 0 Å². The third kappa shape index (κ3) is 4.90. The molecule has 3 aromatic carbocycles. The molecule has 3 rings (SSSR count). The smallest absolute Gasteiger partial charge is 0.346 e. The Kier molecular flexibility index (Phi) is 5.79. The number of esters is 1. The number of rotatable bonds is 5. The van der Waals surface area contributed by atoms with E-state index >= 15 is 0 Å². The van der Waals surface area contributed by atoms with Crippen LogP contribution in [0.5, 0.6) is 5.75 Å². The van der Waals surface area contributed by atoms with Crippen LogP contribution in [-0.2, 0) is 0 Å². The van der Waals surface area contributed by atoms with Gasteiger partial charge in [0.1, 0.15) is 11.6 Å². The minimum atomic E-state index is -0.769. The fourth-order valence-corrected chi connectivity index (χ4v) is 2.44. The number of hydrogen-bond acceptors (Lipinski definition) is 3. The predicted molar refractivity (Wildman–Crippen MR) is 103 cm³/mol. The van der Waals surface area contributed by atoms with Gasteiger partial charge in [-0.15, -0.1) is 0 Å². The average molecular weight is 381 g/mol. The summed E-state index contributed by atoms with van der Waals surface area (Å²) < 4.78 is 18.8. The molecule has 0 unspecified atom stereocenters. The summed E-state index contributed by atoms with van der Waals surface area (Å²) in [6.45, 7) is 0. The van der Waals surface area contributed by atoms with Gasteiger partial charge in [0, 0.05) is 10.6 Å². The maximum atomic E-state index is 13.6. The Morgan fingerprint density at radius 1 is 0.889 bits per heavy atom. The first kappa shape index (κ1) is 18.5. The van der Waals surface area contributed by atoms with Gasteiger partial charge in [0.05, 0.1) is 5.56 Å². The summed E-state index contributed by atoms with van der Waals surface area (Å²) in [5, 5.41) is 0.566. The van der Waals surface area contributed by atoms with Crippen LogP contribution in [0, 0.1) is 5.82 Å². The Morgan fingerprint density at radius 2 is 1.56 bits per heavy atom. The Balaban J connectivity index is 1.65. The number of ketones is 1. The van der Waals surface area contributed by atoms with Crippen LogP contribution in [0.25, 0.3) is 6.08 Å². The van der Waals surface area contributed by atoms with Crippen molar-refractivity contribution in [2.24, 2.45) is 0 Å². The van der Waals surface area contributed by atoms with E-state index in [4.69, 9.17) is 16.3 Å². The van der Waals surface area contributed by atoms with Crippen LogP contribution < -0.4 is 4.74 Å². The number of carbonyl (C=O) groups is 2. The zero-order valence-corrected chi connectivity index (χ0v) is 14.8. The molecule has 0 N–H and O–H groups in total. The molecule has 0 aliphatic carbocycles. The van der Waals surface area contributed by atoms with Gasteiger partial charge >= 0.3 is 5.97 Å². The first-order chi connectivity index (χ1) is 13.0. The van der Waals surface area contributed by atoms with E-state index in [0.29, 0.717) is 10.6 Å². The van der Waals surface area contributed by atoms with E-state index in [9.17, 15) is 14.0 Å². The summed E-state index contributed by atoms with van der Waals surface area (Å²) in [5.74, 6) is -1.27. The normalized spacial score (nSPS) is 10.7. The number of benzene rings is 3. The van der Waals surface area contributed by atoms with Crippen LogP contribution >= 0.6 is 11.6 Å². The van der Waals surface area contributed by atoms with Gasteiger partial charge in [0.25, 0.3) is 0 Å². The van der Waals surface area contributed by atoms with Crippen molar-refractivity contribution in [1.82, 2.24) is 0 Å². The van der Waals surface area contributed by atoms with Crippen LogP contribution in [-0.4, -0.2) is 11.8 Å². The molecule has 0 atom stereocenters. The van der Waals surface area contributed by atoms with Crippen molar-refractivity contribution in [3.05, 3.63) is 106 Å². The van der Waals surface area contributed by atoms with E-state index in [-0.39, 0.29) is 17.1 Å². The summed E-state index contributed by atoms with van der Waals surface area (Å²) in [7, 11) is 0. The first-order valence-electron chi connectivity index (χ1n) is 8.08. The first-order valence-corrected chi connectivity index (χ1v) is 8.45. The maximum Gasteiger partial charge on any atom is 0.346 e. The lowest BCUT2D eigenvalue weighted by Crippen LogP contribution is -2.10. The van der Waals surface area contributed by atoms with Gasteiger partial charge in [0.2, 0.25) is 0 Å². The molecule has 0 aliphatic heterocycles. The number of ether oxygens (including phenoxy) is 1. The highest BCUT2D eigenvalue weighted by Crippen LogP contribution is 2.17. The van der Waals surface area contributed by atoms with Crippen LogP contribution in [0.3, 0.4) is 0 Å². The minimum Gasteiger partial charge on any atom is -0.423 e. The molecule has 5 heteroatoms. The standard InChI is InChI=1S/C22H14ClFO3/c23-17-10-8-16(9-11-17)21(25)14-7-15-5-12-18(13-6-15)27-22(26)19-3-1-2-4-20(19)24/h1-14H/b14-7+. The minimum absolute atomic E-state index is 0.130. The van der Waals surface area contributed by atoms with Crippen molar-refractivity contribution in [3.8, 4) is 5.75 Å². The Labute approximate surface area is 160 Å². The summed E-state index contributed by atoms with van der Waals surface area (Å²) in [5.41, 5.74) is 1.16. The van der Waals surface area contributed by atoms with Gasteiger partial charge < -0.3 is 4.74 Å². The molecule has 0 heterocycles. The molecule has 0 aromatic heterocycles. The summed E-state index contributed by atoms with van der Waals surface area (Å²) >= 11 is 5.80. The number of halogens is 2. The molecule has 134 valence electrons. The largest absolute Gasteiger partial charge is 0.423 e. The van der Waals surface area contributed by atoms with Gasteiger partial charge in [-0.2, -0.15) is 0 Å². The zero-order chi connectivity index (χ0) is 19.2. The Morgan fingerprint density at radius 3 is 2.22 bits per heavy atom. The monoisotopic (exact) mass is 380 g/mol. The second kappa shape index (κ2) is 8.43. The van der Waals surface area contributed by atoms with Gasteiger partial charge in [-0.05, 0) is 60.2 Å². The van der Waals surface area contributed by atoms with Gasteiger partial charge in [-0.1, -0.05) is 41.9 Å². The molecule has 0 bridgehead atoms. The quantitative estimate of drug-likeness (QED) is 0.250. The van der Waals surface area contributed by atoms with Crippen molar-refractivity contribution < 1.29 is 18.7 Å². The van der Waals surface area contributed by atoms with E-state index in [0.717, 1.165) is 5.56 Å². The molecule has 0 radical (unpaired) electrons. The molecule has 0 fully saturated rings. The van der Waals surface area contributed by atoms with Gasteiger partial charge in [0.15, 0.2) is 5.78 Å². The molecule has 0 amide bonds. The molecule has 0 spiro atoms. The summed E-state index contributed by atoms with van der Waals surface area (Å²) in [6, 6.07) is 18.8. The van der Waals surface area contributed by atoms with Gasteiger partial charge in [-0.3, -0.25) is 4.79 Å². The van der Waals surface area contributed by atoms with Crippen LogP contribution in [0.2, 0.25) is 5.02 Å². The Bertz CT molecular complexity index is 993. The number of allylic oxidation sites excluding steroid dienone is 1. The molecule has 3 nitrogen and oxygen atoms in total. The van der Waals surface area contributed by atoms with E-state index in [1.165, 1.54) is 24.3 Å². The fourth-order valence-electron chi connectivity index (χ4n) is 2.32. The maximum absolute atomic E-state index is 13.6. The third-order valence-electron chi connectivity index (χ3n) is 3.74. The second-order valence-corrected chi connectivity index (χ2v) is 6.08. The molecular weight excluding hydrogens is 367 g/mol. The molecule has 3 aromatic rings. The fraction of sp³-hybridized carbons (Fsp3) is 0. The van der Waals surface area contributed by atoms with Crippen LogP contribution in [0.1, 0.15) is 26.3 Å². The van der Waals surface area contributed by atoms with Crippen molar-refractivity contribution >= 4 is 29.4 Å². The molecule has 0 saturated carbocycles. The molecular formula is C22H14ClFO3. The lowest BCUT2D eigenvalue weighted by atomic mass is 10.1. The van der Waals surface area contributed by atoms with Crippen molar-refractivity contribution in [1.29, 1.82) is 0 Å². The highest BCUT2D eigenvalue weighted by Gasteiger charge is 2.13. The number of carbonyl (C=O) groups excluding carboxylic acids is 2. The van der Waals surface area contributed by atoms with Crippen molar-refractivity contribution in [3.63, 3.8) is 0 Å². The van der Waals surface area contributed by atoms with Crippen molar-refractivity contribution in [2.45, 2.75) is 0 Å². The highest BCUT2D eigenvalue weighted by atomic mass is 35.5. The Hall–Kier alpha value is -3.24. The van der Waals surface area contributed by atoms with Crippen molar-refractivity contribution in [2.75, 3.05) is 0 Å². The lowest BCUT2D eigenvalue weighted by Gasteiger charge is -2.05. The lowest BCUT2D eigenvalue weighted by molar-refractivity contribution is 0.0729. The SMILES string of the molecule is O=C(/C=C/c1ccc(OC(=O)c2ccccc2F)cc1)c1ccc(Cl)cc1. The summed E-state index contributed by atoms with van der Waals surface area (Å²) in [4.78, 5) is 24.1. The van der Waals surface area contributed by atoms with Gasteiger partial charge in [-0.25, -0.2) is 9.18 Å². The van der Waals surface area contributed by atoms with E-state index in [1.54, 1.807) is 60.7 Å². The van der Waals surface area contributed by atoms with Crippen LogP contribution in [0.15, 0.2) is 78.9 Å². The topological polar surface area (TPSA) is 43.4 Å². The highest BCUT2D eigenvalue weighted by molar-refractivity contribution is 6.30. The molecule has 27 heavy (non-hydrogen) atoms. The van der Waals surface area contributed by atoms with Crippen LogP contribution in [0.4, 0.5) is 4.39 Å².